The van der Waals surface area contributed by atoms with Crippen LogP contribution in [0.2, 0.25) is 0 Å². The van der Waals surface area contributed by atoms with E-state index in [1.54, 1.807) is 18.0 Å². The molecule has 0 aliphatic carbocycles. The van der Waals surface area contributed by atoms with E-state index in [1.807, 2.05) is 31.3 Å². The molecule has 102 valence electrons. The molecule has 1 aromatic carbocycles. The highest BCUT2D eigenvalue weighted by atomic mass is 79.9. The molecule has 2 rings (SSSR count). The third kappa shape index (κ3) is 3.67. The van der Waals surface area contributed by atoms with Crippen molar-refractivity contribution in [1.82, 2.24) is 9.78 Å². The first kappa shape index (κ1) is 14.3. The highest BCUT2D eigenvalue weighted by Gasteiger charge is 2.10. The van der Waals surface area contributed by atoms with Gasteiger partial charge in [-0.05, 0) is 24.3 Å². The Balaban J connectivity index is 2.11. The number of methoxy groups -OCH3 is 1. The molecular weight excluding hydrogens is 328 g/mol. The number of hydrogen-bond acceptors (Lipinski definition) is 3. The predicted octanol–water partition coefficient (Wildman–Crippen LogP) is 2.64. The van der Waals surface area contributed by atoms with Crippen molar-refractivity contribution in [2.24, 2.45) is 7.05 Å². The van der Waals surface area contributed by atoms with Crippen LogP contribution in [0.1, 0.15) is 11.3 Å². The summed E-state index contributed by atoms with van der Waals surface area (Å²) in [7, 11) is 2.48. The van der Waals surface area contributed by atoms with Gasteiger partial charge in [0.1, 0.15) is 5.75 Å². The van der Waals surface area contributed by atoms with Gasteiger partial charge in [-0.2, -0.15) is 5.10 Å². The summed E-state index contributed by atoms with van der Waals surface area (Å²) in [5, 5.41) is 4.07. The Kier molecular flexibility index (Phi) is 4.76. The molecule has 0 aliphatic heterocycles. The molecule has 0 saturated carbocycles. The molecule has 0 unspecified atom stereocenters. The van der Waals surface area contributed by atoms with Crippen LogP contribution in [0.4, 0.5) is 0 Å². The van der Waals surface area contributed by atoms with Gasteiger partial charge in [0.2, 0.25) is 0 Å². The average molecular weight is 343 g/mol. The standard InChI is InChI=1S/C13H15BrN2O2S/c1-16-12(5-6-15-16)9-19(17)8-10-7-11(14)3-4-13(10)18-2/h3-7H,8-9H2,1-2H3/t19-/m0/s1. The minimum atomic E-state index is -0.992. The van der Waals surface area contributed by atoms with Crippen molar-refractivity contribution in [2.45, 2.75) is 11.5 Å². The summed E-state index contributed by atoms with van der Waals surface area (Å²) in [6, 6.07) is 7.61. The van der Waals surface area contributed by atoms with Crippen LogP contribution < -0.4 is 4.74 Å². The highest BCUT2D eigenvalue weighted by molar-refractivity contribution is 9.10. The SMILES string of the molecule is COc1ccc(Br)cc1C[S@](=O)Cc1ccnn1C. The van der Waals surface area contributed by atoms with Crippen LogP contribution in [-0.2, 0) is 29.4 Å². The zero-order valence-corrected chi connectivity index (χ0v) is 13.2. The Morgan fingerprint density at radius 1 is 1.37 bits per heavy atom. The van der Waals surface area contributed by atoms with Crippen LogP contribution in [0.15, 0.2) is 34.9 Å². The number of halogens is 1. The third-order valence-electron chi connectivity index (χ3n) is 2.79. The lowest BCUT2D eigenvalue weighted by Crippen LogP contribution is -2.05. The van der Waals surface area contributed by atoms with Crippen LogP contribution >= 0.6 is 15.9 Å². The highest BCUT2D eigenvalue weighted by Crippen LogP contribution is 2.24. The average Bonchev–Trinajstić information content (AvgIpc) is 2.75. The maximum absolute atomic E-state index is 12.2. The van der Waals surface area contributed by atoms with Crippen molar-refractivity contribution >= 4 is 26.7 Å². The van der Waals surface area contributed by atoms with Crippen molar-refractivity contribution in [3.8, 4) is 5.75 Å². The van der Waals surface area contributed by atoms with E-state index in [0.717, 1.165) is 21.5 Å². The molecule has 0 N–H and O–H groups in total. The van der Waals surface area contributed by atoms with E-state index in [0.29, 0.717) is 11.5 Å². The molecule has 0 radical (unpaired) electrons. The van der Waals surface area contributed by atoms with Gasteiger partial charge in [-0.15, -0.1) is 0 Å². The van der Waals surface area contributed by atoms with Crippen LogP contribution in [0.5, 0.6) is 5.75 Å². The predicted molar refractivity (Wildman–Crippen MR) is 79.5 cm³/mol. The Hall–Kier alpha value is -1.14. The Labute approximate surface area is 123 Å². The summed E-state index contributed by atoms with van der Waals surface area (Å²) in [5.41, 5.74) is 1.91. The number of ether oxygens (including phenoxy) is 1. The quantitative estimate of drug-likeness (QED) is 0.838. The van der Waals surface area contributed by atoms with E-state index < -0.39 is 10.8 Å². The number of rotatable bonds is 5. The second-order valence-corrected chi connectivity index (χ2v) is 6.50. The fraction of sp³-hybridized carbons (Fsp3) is 0.308. The minimum absolute atomic E-state index is 0.466. The van der Waals surface area contributed by atoms with Gasteiger partial charge < -0.3 is 4.74 Å². The fourth-order valence-corrected chi connectivity index (χ4v) is 3.49. The van der Waals surface area contributed by atoms with Gasteiger partial charge in [-0.25, -0.2) is 0 Å². The second kappa shape index (κ2) is 6.34. The van der Waals surface area contributed by atoms with E-state index in [2.05, 4.69) is 21.0 Å². The molecule has 1 atom stereocenters. The van der Waals surface area contributed by atoms with E-state index in [9.17, 15) is 4.21 Å². The molecule has 1 heterocycles. The first-order valence-electron chi connectivity index (χ1n) is 5.74. The number of benzene rings is 1. The summed E-state index contributed by atoms with van der Waals surface area (Å²) < 4.78 is 20.2. The van der Waals surface area contributed by atoms with E-state index >= 15 is 0 Å². The van der Waals surface area contributed by atoms with Crippen molar-refractivity contribution < 1.29 is 8.95 Å². The summed E-state index contributed by atoms with van der Waals surface area (Å²) in [6.45, 7) is 0. The zero-order valence-electron chi connectivity index (χ0n) is 10.8. The molecule has 4 nitrogen and oxygen atoms in total. The molecule has 2 aromatic rings. The number of aryl methyl sites for hydroxylation is 1. The van der Waals surface area contributed by atoms with Gasteiger partial charge >= 0.3 is 0 Å². The first-order chi connectivity index (χ1) is 9.10. The normalized spacial score (nSPS) is 12.4. The minimum Gasteiger partial charge on any atom is -0.496 e. The van der Waals surface area contributed by atoms with Crippen LogP contribution in [0, 0.1) is 0 Å². The molecule has 0 bridgehead atoms. The molecule has 0 fully saturated rings. The van der Waals surface area contributed by atoms with E-state index in [1.165, 1.54) is 0 Å². The number of nitrogens with zero attached hydrogens (tertiary/aromatic N) is 2. The maximum atomic E-state index is 12.2. The van der Waals surface area contributed by atoms with Crippen molar-refractivity contribution in [3.05, 3.63) is 46.2 Å². The molecule has 1 aromatic heterocycles. The molecule has 0 saturated heterocycles. The topological polar surface area (TPSA) is 44.1 Å². The van der Waals surface area contributed by atoms with Crippen molar-refractivity contribution in [1.29, 1.82) is 0 Å². The maximum Gasteiger partial charge on any atom is 0.123 e. The van der Waals surface area contributed by atoms with Crippen molar-refractivity contribution in [2.75, 3.05) is 7.11 Å². The van der Waals surface area contributed by atoms with Crippen LogP contribution in [0.25, 0.3) is 0 Å². The largest absolute Gasteiger partial charge is 0.496 e. The lowest BCUT2D eigenvalue weighted by atomic mass is 10.2. The van der Waals surface area contributed by atoms with Gasteiger partial charge in [-0.1, -0.05) is 15.9 Å². The summed E-state index contributed by atoms with van der Waals surface area (Å²) in [4.78, 5) is 0. The summed E-state index contributed by atoms with van der Waals surface area (Å²) in [6.07, 6.45) is 1.71. The third-order valence-corrected chi connectivity index (χ3v) is 4.53. The smallest absolute Gasteiger partial charge is 0.123 e. The first-order valence-corrected chi connectivity index (χ1v) is 8.02. The molecule has 19 heavy (non-hydrogen) atoms. The molecule has 0 aliphatic rings. The lowest BCUT2D eigenvalue weighted by molar-refractivity contribution is 0.411. The second-order valence-electron chi connectivity index (χ2n) is 4.13. The van der Waals surface area contributed by atoms with E-state index in [-0.39, 0.29) is 0 Å². The van der Waals surface area contributed by atoms with Gasteiger partial charge in [-0.3, -0.25) is 8.89 Å². The Morgan fingerprint density at radius 2 is 2.16 bits per heavy atom. The monoisotopic (exact) mass is 342 g/mol. The van der Waals surface area contributed by atoms with E-state index in [4.69, 9.17) is 4.74 Å². The van der Waals surface area contributed by atoms with Crippen LogP contribution in [-0.4, -0.2) is 21.1 Å². The molecule has 0 amide bonds. The fourth-order valence-electron chi connectivity index (χ4n) is 1.79. The van der Waals surface area contributed by atoms with Gasteiger partial charge in [0.05, 0.1) is 24.3 Å². The number of hydrogen-bond donors (Lipinski definition) is 0. The summed E-state index contributed by atoms with van der Waals surface area (Å²) in [5.74, 6) is 1.72. The number of aromatic nitrogens is 2. The van der Waals surface area contributed by atoms with Gasteiger partial charge in [0.15, 0.2) is 0 Å². The molecule has 0 spiro atoms. The van der Waals surface area contributed by atoms with Gasteiger partial charge in [0, 0.05) is 34.1 Å². The molecule has 6 heteroatoms. The zero-order chi connectivity index (χ0) is 13.8. The van der Waals surface area contributed by atoms with Crippen molar-refractivity contribution in [3.63, 3.8) is 0 Å². The van der Waals surface area contributed by atoms with Crippen LogP contribution in [0.3, 0.4) is 0 Å². The Morgan fingerprint density at radius 3 is 2.79 bits per heavy atom. The summed E-state index contributed by atoms with van der Waals surface area (Å²) >= 11 is 3.42. The lowest BCUT2D eigenvalue weighted by Gasteiger charge is -2.09. The van der Waals surface area contributed by atoms with Gasteiger partial charge in [0.25, 0.3) is 0 Å². The molecular formula is C13H15BrN2O2S. The Bertz CT molecular complexity index is 598.